The third-order valence-corrected chi connectivity index (χ3v) is 6.96. The smallest absolute Gasteiger partial charge is 0.266 e. The molecule has 1 saturated heterocycles. The minimum absolute atomic E-state index is 0.111. The summed E-state index contributed by atoms with van der Waals surface area (Å²) in [4.78, 5) is 27.7. The molecule has 3 aromatic carbocycles. The number of aryl methyl sites for hydroxylation is 1. The lowest BCUT2D eigenvalue weighted by atomic mass is 10.1. The van der Waals surface area contributed by atoms with E-state index in [0.29, 0.717) is 21.5 Å². The third-order valence-electron chi connectivity index (χ3n) is 5.58. The van der Waals surface area contributed by atoms with Gasteiger partial charge in [0, 0.05) is 17.8 Å². The van der Waals surface area contributed by atoms with E-state index in [4.69, 9.17) is 17.0 Å². The van der Waals surface area contributed by atoms with Crippen LogP contribution in [0.1, 0.15) is 23.6 Å². The maximum atomic E-state index is 13.0. The van der Waals surface area contributed by atoms with Gasteiger partial charge in [-0.2, -0.15) is 0 Å². The number of rotatable bonds is 9. The second kappa shape index (κ2) is 11.8. The SMILES string of the molecule is CCc1ccccc1NC(=O)COc1ccccc1/C=C1\SC(=S)N(CCc2ccccc2)C1=O. The Bertz CT molecular complexity index is 1260. The number of amides is 2. The van der Waals surface area contributed by atoms with Crippen LogP contribution >= 0.6 is 24.0 Å². The molecule has 0 aromatic heterocycles. The fraction of sp³-hybridized carbons (Fsp3) is 0.179. The standard InChI is InChI=1S/C28H26N2O3S2/c1-2-21-12-6-8-14-23(21)29-26(31)19-33-24-15-9-7-13-22(24)18-25-27(32)30(28(34)35-25)17-16-20-10-4-3-5-11-20/h3-15,18H,2,16-17,19H2,1H3,(H,29,31)/b25-18-. The highest BCUT2D eigenvalue weighted by Gasteiger charge is 2.31. The zero-order valence-corrected chi connectivity index (χ0v) is 21.0. The van der Waals surface area contributed by atoms with E-state index in [2.05, 4.69) is 5.32 Å². The van der Waals surface area contributed by atoms with Crippen LogP contribution in [0.15, 0.2) is 83.8 Å². The molecule has 5 nitrogen and oxygen atoms in total. The quantitative estimate of drug-likeness (QED) is 0.300. The highest BCUT2D eigenvalue weighted by molar-refractivity contribution is 8.26. The van der Waals surface area contributed by atoms with Crippen LogP contribution in [-0.4, -0.2) is 34.2 Å². The van der Waals surface area contributed by atoms with E-state index in [9.17, 15) is 9.59 Å². The van der Waals surface area contributed by atoms with Crippen molar-refractivity contribution in [2.75, 3.05) is 18.5 Å². The van der Waals surface area contributed by atoms with Crippen molar-refractivity contribution in [2.45, 2.75) is 19.8 Å². The average Bonchev–Trinajstić information content (AvgIpc) is 3.15. The predicted octanol–water partition coefficient (Wildman–Crippen LogP) is 5.71. The summed E-state index contributed by atoms with van der Waals surface area (Å²) in [5.41, 5.74) is 3.73. The molecule has 0 bridgehead atoms. The van der Waals surface area contributed by atoms with Crippen molar-refractivity contribution in [3.63, 3.8) is 0 Å². The van der Waals surface area contributed by atoms with E-state index in [1.165, 1.54) is 11.8 Å². The van der Waals surface area contributed by atoms with Crippen molar-refractivity contribution in [3.05, 3.63) is 100 Å². The average molecular weight is 503 g/mol. The highest BCUT2D eigenvalue weighted by Crippen LogP contribution is 2.34. The Morgan fingerprint density at radius 3 is 2.54 bits per heavy atom. The van der Waals surface area contributed by atoms with Crippen LogP contribution in [0.4, 0.5) is 5.69 Å². The minimum atomic E-state index is -0.243. The van der Waals surface area contributed by atoms with Crippen LogP contribution < -0.4 is 10.1 Å². The Hall–Kier alpha value is -3.42. The number of nitrogens with one attached hydrogen (secondary N) is 1. The van der Waals surface area contributed by atoms with Crippen LogP contribution in [0.3, 0.4) is 0 Å². The molecule has 35 heavy (non-hydrogen) atoms. The minimum Gasteiger partial charge on any atom is -0.483 e. The second-order valence-electron chi connectivity index (χ2n) is 7.95. The van der Waals surface area contributed by atoms with Gasteiger partial charge in [-0.1, -0.05) is 97.6 Å². The molecule has 1 aliphatic heterocycles. The zero-order valence-electron chi connectivity index (χ0n) is 19.4. The van der Waals surface area contributed by atoms with Crippen LogP contribution in [0.25, 0.3) is 6.08 Å². The number of ether oxygens (including phenoxy) is 1. The van der Waals surface area contributed by atoms with Gasteiger partial charge in [0.15, 0.2) is 6.61 Å². The van der Waals surface area contributed by atoms with E-state index in [1.807, 2.05) is 79.7 Å². The predicted molar refractivity (Wildman–Crippen MR) is 146 cm³/mol. The Labute approximate surface area is 215 Å². The maximum Gasteiger partial charge on any atom is 0.266 e. The number of nitrogens with zero attached hydrogens (tertiary/aromatic N) is 1. The summed E-state index contributed by atoms with van der Waals surface area (Å²) in [6.45, 7) is 2.44. The molecule has 178 valence electrons. The van der Waals surface area contributed by atoms with Gasteiger partial charge in [0.05, 0.1) is 4.91 Å². The molecule has 3 aromatic rings. The van der Waals surface area contributed by atoms with E-state index >= 15 is 0 Å². The van der Waals surface area contributed by atoms with Crippen LogP contribution in [0, 0.1) is 0 Å². The lowest BCUT2D eigenvalue weighted by Crippen LogP contribution is -2.30. The zero-order chi connectivity index (χ0) is 24.6. The van der Waals surface area contributed by atoms with Gasteiger partial charge in [0.1, 0.15) is 10.1 Å². The lowest BCUT2D eigenvalue weighted by Gasteiger charge is -2.14. The fourth-order valence-electron chi connectivity index (χ4n) is 3.73. The maximum absolute atomic E-state index is 13.0. The molecule has 1 heterocycles. The molecule has 0 atom stereocenters. The summed E-state index contributed by atoms with van der Waals surface area (Å²) >= 11 is 6.75. The molecule has 0 radical (unpaired) electrons. The fourth-order valence-corrected chi connectivity index (χ4v) is 5.03. The first-order valence-electron chi connectivity index (χ1n) is 11.4. The summed E-state index contributed by atoms with van der Waals surface area (Å²) in [6.07, 6.45) is 3.33. The molecule has 0 aliphatic carbocycles. The Morgan fingerprint density at radius 2 is 1.74 bits per heavy atom. The van der Waals surface area contributed by atoms with Gasteiger partial charge < -0.3 is 10.1 Å². The van der Waals surface area contributed by atoms with Gasteiger partial charge in [0.25, 0.3) is 11.8 Å². The number of carbonyl (C=O) groups excluding carboxylic acids is 2. The number of carbonyl (C=O) groups is 2. The molecular formula is C28H26N2O3S2. The van der Waals surface area contributed by atoms with Crippen molar-refractivity contribution in [3.8, 4) is 5.75 Å². The topological polar surface area (TPSA) is 58.6 Å². The first-order valence-corrected chi connectivity index (χ1v) is 12.7. The lowest BCUT2D eigenvalue weighted by molar-refractivity contribution is -0.122. The number of benzene rings is 3. The van der Waals surface area contributed by atoms with Gasteiger partial charge in [0.2, 0.25) is 0 Å². The first-order chi connectivity index (χ1) is 17.0. The van der Waals surface area contributed by atoms with E-state index in [1.54, 1.807) is 17.0 Å². The largest absolute Gasteiger partial charge is 0.483 e. The van der Waals surface area contributed by atoms with E-state index < -0.39 is 0 Å². The summed E-state index contributed by atoms with van der Waals surface area (Å²) < 4.78 is 6.37. The van der Waals surface area contributed by atoms with Gasteiger partial charge in [-0.25, -0.2) is 0 Å². The van der Waals surface area contributed by atoms with Crippen LogP contribution in [0.5, 0.6) is 5.75 Å². The molecule has 1 fully saturated rings. The van der Waals surface area contributed by atoms with Crippen molar-refractivity contribution in [1.29, 1.82) is 0 Å². The molecule has 0 saturated carbocycles. The molecule has 1 N–H and O–H groups in total. The van der Waals surface area contributed by atoms with Gasteiger partial charge in [-0.3, -0.25) is 14.5 Å². The number of hydrogen-bond acceptors (Lipinski definition) is 5. The van der Waals surface area contributed by atoms with Gasteiger partial charge >= 0.3 is 0 Å². The van der Waals surface area contributed by atoms with Gasteiger partial charge in [-0.05, 0) is 42.2 Å². The molecule has 0 unspecified atom stereocenters. The summed E-state index contributed by atoms with van der Waals surface area (Å²) in [5, 5.41) is 2.91. The van der Waals surface area contributed by atoms with Crippen molar-refractivity contribution in [2.24, 2.45) is 0 Å². The summed E-state index contributed by atoms with van der Waals surface area (Å²) in [7, 11) is 0. The number of thioether (sulfide) groups is 1. The monoisotopic (exact) mass is 502 g/mol. The number of para-hydroxylation sites is 2. The Kier molecular flexibility index (Phi) is 8.34. The molecular weight excluding hydrogens is 476 g/mol. The van der Waals surface area contributed by atoms with Gasteiger partial charge in [-0.15, -0.1) is 0 Å². The molecule has 1 aliphatic rings. The molecule has 0 spiro atoms. The summed E-state index contributed by atoms with van der Waals surface area (Å²) in [6, 6.07) is 25.1. The van der Waals surface area contributed by atoms with Crippen LogP contribution in [-0.2, 0) is 22.4 Å². The first kappa shape index (κ1) is 24.7. The third kappa shape index (κ3) is 6.38. The second-order valence-corrected chi connectivity index (χ2v) is 9.63. The van der Waals surface area contributed by atoms with E-state index in [-0.39, 0.29) is 18.4 Å². The summed E-state index contributed by atoms with van der Waals surface area (Å²) in [5.74, 6) is 0.175. The van der Waals surface area contributed by atoms with Crippen molar-refractivity contribution >= 4 is 51.9 Å². The normalized spacial score (nSPS) is 14.4. The van der Waals surface area contributed by atoms with Crippen LogP contribution in [0.2, 0.25) is 0 Å². The highest BCUT2D eigenvalue weighted by atomic mass is 32.2. The number of hydrogen-bond donors (Lipinski definition) is 1. The Morgan fingerprint density at radius 1 is 1.03 bits per heavy atom. The number of anilines is 1. The van der Waals surface area contributed by atoms with Crippen molar-refractivity contribution < 1.29 is 14.3 Å². The molecule has 4 rings (SSSR count). The van der Waals surface area contributed by atoms with Crippen molar-refractivity contribution in [1.82, 2.24) is 4.90 Å². The Balaban J connectivity index is 1.41. The van der Waals surface area contributed by atoms with E-state index in [0.717, 1.165) is 35.2 Å². The number of thiocarbonyl (C=S) groups is 1. The molecule has 7 heteroatoms. The molecule has 2 amide bonds.